The van der Waals surface area contributed by atoms with E-state index in [-0.39, 0.29) is 0 Å². The van der Waals surface area contributed by atoms with Gasteiger partial charge in [-0.25, -0.2) is 0 Å². The molecule has 1 heterocycles. The highest BCUT2D eigenvalue weighted by Crippen LogP contribution is 2.34. The maximum absolute atomic E-state index is 10.3. The summed E-state index contributed by atoms with van der Waals surface area (Å²) in [5.74, 6) is 1.16. The second-order valence-corrected chi connectivity index (χ2v) is 4.36. The quantitative estimate of drug-likeness (QED) is 0.939. The van der Waals surface area contributed by atoms with E-state index < -0.39 is 6.10 Å². The van der Waals surface area contributed by atoms with Gasteiger partial charge in [-0.05, 0) is 35.0 Å². The summed E-state index contributed by atoms with van der Waals surface area (Å²) in [6.45, 7) is 2.47. The molecule has 1 atom stereocenters. The van der Waals surface area contributed by atoms with Gasteiger partial charge in [-0.1, -0.05) is 18.2 Å². The lowest BCUT2D eigenvalue weighted by molar-refractivity contribution is 0.182. The predicted molar refractivity (Wildman–Crippen MR) is 68.1 cm³/mol. The Morgan fingerprint density at radius 2 is 2.12 bits per heavy atom. The Bertz CT molecular complexity index is 493. The molecule has 0 fully saturated rings. The number of benzene rings is 1. The molecule has 1 aromatic carbocycles. The Morgan fingerprint density at radius 3 is 2.76 bits per heavy atom. The van der Waals surface area contributed by atoms with Crippen LogP contribution in [0, 0.1) is 0 Å². The molecule has 90 valence electrons. The highest BCUT2D eigenvalue weighted by Gasteiger charge is 2.20. The summed E-state index contributed by atoms with van der Waals surface area (Å²) in [7, 11) is 0. The van der Waals surface area contributed by atoms with E-state index in [1.807, 2.05) is 31.2 Å². The smallest absolute Gasteiger partial charge is 0.151 e. The van der Waals surface area contributed by atoms with E-state index in [0.717, 1.165) is 4.47 Å². The first kappa shape index (κ1) is 12.2. The van der Waals surface area contributed by atoms with E-state index in [1.54, 1.807) is 6.07 Å². The molecule has 0 aliphatic carbocycles. The Labute approximate surface area is 108 Å². The van der Waals surface area contributed by atoms with Gasteiger partial charge >= 0.3 is 0 Å². The lowest BCUT2D eigenvalue weighted by Crippen LogP contribution is -2.03. The molecule has 1 N–H and O–H groups in total. The van der Waals surface area contributed by atoms with Crippen LogP contribution in [0.5, 0.6) is 5.75 Å². The highest BCUT2D eigenvalue weighted by molar-refractivity contribution is 9.10. The molecule has 17 heavy (non-hydrogen) atoms. The monoisotopic (exact) mass is 296 g/mol. The van der Waals surface area contributed by atoms with Crippen molar-refractivity contribution in [1.82, 2.24) is 0 Å². The number of aliphatic hydroxyl groups is 1. The zero-order valence-electron chi connectivity index (χ0n) is 9.39. The van der Waals surface area contributed by atoms with Crippen LogP contribution in [-0.4, -0.2) is 11.7 Å². The molecule has 1 aromatic heterocycles. The predicted octanol–water partition coefficient (Wildman–Crippen LogP) is 3.52. The molecule has 0 saturated carbocycles. The fourth-order valence-corrected chi connectivity index (χ4v) is 2.05. The van der Waals surface area contributed by atoms with Gasteiger partial charge < -0.3 is 14.3 Å². The minimum atomic E-state index is -0.831. The van der Waals surface area contributed by atoms with Crippen LogP contribution in [0.3, 0.4) is 0 Å². The van der Waals surface area contributed by atoms with Crippen molar-refractivity contribution >= 4 is 15.9 Å². The molecule has 0 amide bonds. The third-order valence-corrected chi connectivity index (χ3v) is 3.06. The van der Waals surface area contributed by atoms with Gasteiger partial charge in [-0.3, -0.25) is 0 Å². The second-order valence-electron chi connectivity index (χ2n) is 3.51. The van der Waals surface area contributed by atoms with Crippen molar-refractivity contribution < 1.29 is 14.3 Å². The fraction of sp³-hybridized carbons (Fsp3) is 0.231. The van der Waals surface area contributed by atoms with E-state index in [0.29, 0.717) is 23.7 Å². The van der Waals surface area contributed by atoms with Gasteiger partial charge in [0.15, 0.2) is 5.76 Å². The summed E-state index contributed by atoms with van der Waals surface area (Å²) in [6.07, 6.45) is 0.702. The molecule has 0 radical (unpaired) electrons. The molecule has 0 spiro atoms. The van der Waals surface area contributed by atoms with Crippen LogP contribution in [0.2, 0.25) is 0 Å². The normalized spacial score (nSPS) is 12.4. The third kappa shape index (κ3) is 2.53. The van der Waals surface area contributed by atoms with Crippen LogP contribution in [0.1, 0.15) is 24.4 Å². The van der Waals surface area contributed by atoms with E-state index in [1.165, 1.54) is 6.26 Å². The number of halogens is 1. The molecule has 4 heteroatoms. The van der Waals surface area contributed by atoms with Gasteiger partial charge in [0.2, 0.25) is 0 Å². The number of furan rings is 1. The summed E-state index contributed by atoms with van der Waals surface area (Å²) in [4.78, 5) is 0. The van der Waals surface area contributed by atoms with Gasteiger partial charge in [-0.15, -0.1) is 0 Å². The van der Waals surface area contributed by atoms with Crippen molar-refractivity contribution in [3.63, 3.8) is 0 Å². The zero-order chi connectivity index (χ0) is 12.3. The average molecular weight is 297 g/mol. The molecule has 1 unspecified atom stereocenters. The number of aliphatic hydroxyl groups excluding tert-OH is 1. The van der Waals surface area contributed by atoms with Gasteiger partial charge in [0.1, 0.15) is 11.9 Å². The van der Waals surface area contributed by atoms with Crippen molar-refractivity contribution in [2.24, 2.45) is 0 Å². The van der Waals surface area contributed by atoms with Gasteiger partial charge in [0.05, 0.1) is 17.3 Å². The summed E-state index contributed by atoms with van der Waals surface area (Å²) in [6, 6.07) is 9.14. The van der Waals surface area contributed by atoms with Gasteiger partial charge in [-0.2, -0.15) is 0 Å². The Kier molecular flexibility index (Phi) is 3.86. The Hall–Kier alpha value is -1.26. The Balaban J connectivity index is 2.37. The summed E-state index contributed by atoms with van der Waals surface area (Å²) < 4.78 is 11.5. The summed E-state index contributed by atoms with van der Waals surface area (Å²) in [5.41, 5.74) is 0.699. The maximum atomic E-state index is 10.3. The fourth-order valence-electron chi connectivity index (χ4n) is 1.64. The van der Waals surface area contributed by atoms with Crippen LogP contribution in [0.15, 0.2) is 45.5 Å². The number of ether oxygens (including phenoxy) is 1. The summed E-state index contributed by atoms with van der Waals surface area (Å²) >= 11 is 3.33. The SMILES string of the molecule is CCOc1ccccc1C(O)c1occc1Br. The van der Waals surface area contributed by atoms with E-state index >= 15 is 0 Å². The Morgan fingerprint density at radius 1 is 1.35 bits per heavy atom. The first-order valence-corrected chi connectivity index (χ1v) is 6.16. The van der Waals surface area contributed by atoms with Crippen molar-refractivity contribution in [3.05, 3.63) is 52.4 Å². The molecule has 0 aliphatic rings. The number of para-hydroxylation sites is 1. The number of rotatable bonds is 4. The third-order valence-electron chi connectivity index (χ3n) is 2.41. The molecule has 3 nitrogen and oxygen atoms in total. The van der Waals surface area contributed by atoms with Crippen LogP contribution < -0.4 is 4.74 Å². The molecule has 2 aromatic rings. The lowest BCUT2D eigenvalue weighted by Gasteiger charge is -2.14. The van der Waals surface area contributed by atoms with Crippen molar-refractivity contribution in [1.29, 1.82) is 0 Å². The number of hydrogen-bond acceptors (Lipinski definition) is 3. The number of hydrogen-bond donors (Lipinski definition) is 1. The van der Waals surface area contributed by atoms with Crippen molar-refractivity contribution in [2.75, 3.05) is 6.61 Å². The van der Waals surface area contributed by atoms with Crippen LogP contribution in [-0.2, 0) is 0 Å². The van der Waals surface area contributed by atoms with E-state index in [2.05, 4.69) is 15.9 Å². The average Bonchev–Trinajstić information content (AvgIpc) is 2.76. The van der Waals surface area contributed by atoms with E-state index in [9.17, 15) is 5.11 Å². The first-order valence-electron chi connectivity index (χ1n) is 5.36. The molecule has 2 rings (SSSR count). The van der Waals surface area contributed by atoms with Gasteiger partial charge in [0.25, 0.3) is 0 Å². The standard InChI is InChI=1S/C13H13BrO3/c1-2-16-11-6-4-3-5-9(11)12(15)13-10(14)7-8-17-13/h3-8,12,15H,2H2,1H3. The second kappa shape index (κ2) is 5.38. The van der Waals surface area contributed by atoms with Gasteiger partial charge in [0, 0.05) is 5.56 Å². The maximum Gasteiger partial charge on any atom is 0.151 e. The highest BCUT2D eigenvalue weighted by atomic mass is 79.9. The molecule has 0 bridgehead atoms. The molecule has 0 saturated heterocycles. The molecular formula is C13H13BrO3. The minimum Gasteiger partial charge on any atom is -0.493 e. The zero-order valence-corrected chi connectivity index (χ0v) is 11.0. The minimum absolute atomic E-state index is 0.483. The van der Waals surface area contributed by atoms with Crippen LogP contribution in [0.25, 0.3) is 0 Å². The first-order chi connectivity index (χ1) is 8.24. The summed E-state index contributed by atoms with van der Waals surface area (Å²) in [5, 5.41) is 10.3. The van der Waals surface area contributed by atoms with Crippen LogP contribution >= 0.6 is 15.9 Å². The van der Waals surface area contributed by atoms with E-state index in [4.69, 9.17) is 9.15 Å². The lowest BCUT2D eigenvalue weighted by atomic mass is 10.1. The largest absolute Gasteiger partial charge is 0.493 e. The van der Waals surface area contributed by atoms with Crippen molar-refractivity contribution in [2.45, 2.75) is 13.0 Å². The van der Waals surface area contributed by atoms with Crippen LogP contribution in [0.4, 0.5) is 0 Å². The topological polar surface area (TPSA) is 42.6 Å². The van der Waals surface area contributed by atoms with Crippen molar-refractivity contribution in [3.8, 4) is 5.75 Å². The molecule has 0 aliphatic heterocycles. The molecular weight excluding hydrogens is 284 g/mol.